The van der Waals surface area contributed by atoms with Gasteiger partial charge in [0.15, 0.2) is 49.6 Å². The van der Waals surface area contributed by atoms with E-state index in [1.54, 1.807) is 0 Å². The van der Waals surface area contributed by atoms with Crippen LogP contribution in [0.5, 0.6) is 0 Å². The first-order valence-electron chi connectivity index (χ1n) is 14.4. The SMILES string of the molecule is Cc1cc(C)c[n+](CCCCC[n+]2ccc(-c3cc[n+](CCCCC[n+]4cc(C)cc(C)c4)cc3)cc2)c1. The molecule has 0 unspecified atom stereocenters. The van der Waals surface area contributed by atoms with Gasteiger partial charge < -0.3 is 0 Å². The Hall–Kier alpha value is -3.40. The monoisotopic (exact) mass is 510 g/mol. The zero-order chi connectivity index (χ0) is 26.7. The van der Waals surface area contributed by atoms with Gasteiger partial charge >= 0.3 is 0 Å². The number of aryl methyl sites for hydroxylation is 8. The topological polar surface area (TPSA) is 15.5 Å². The average Bonchev–Trinajstić information content (AvgIpc) is 2.88. The third-order valence-corrected chi connectivity index (χ3v) is 7.17. The van der Waals surface area contributed by atoms with E-state index in [4.69, 9.17) is 0 Å². The van der Waals surface area contributed by atoms with Crippen molar-refractivity contribution in [1.82, 2.24) is 0 Å². The summed E-state index contributed by atoms with van der Waals surface area (Å²) in [6.45, 7) is 13.1. The zero-order valence-corrected chi connectivity index (χ0v) is 23.9. The van der Waals surface area contributed by atoms with Crippen LogP contribution in [0.2, 0.25) is 0 Å². The molecule has 0 spiro atoms. The summed E-state index contributed by atoms with van der Waals surface area (Å²) in [5.74, 6) is 0. The highest BCUT2D eigenvalue weighted by molar-refractivity contribution is 5.60. The number of aromatic nitrogens is 4. The van der Waals surface area contributed by atoms with Crippen molar-refractivity contribution in [2.75, 3.05) is 0 Å². The lowest BCUT2D eigenvalue weighted by Crippen LogP contribution is -2.34. The second-order valence-electron chi connectivity index (χ2n) is 11.0. The van der Waals surface area contributed by atoms with Crippen LogP contribution in [0.3, 0.4) is 0 Å². The zero-order valence-electron chi connectivity index (χ0n) is 23.9. The minimum atomic E-state index is 1.08. The molecule has 4 aromatic rings. The summed E-state index contributed by atoms with van der Waals surface area (Å²) in [4.78, 5) is 0. The van der Waals surface area contributed by atoms with Gasteiger partial charge in [-0.3, -0.25) is 0 Å². The molecule has 4 rings (SSSR count). The first-order chi connectivity index (χ1) is 18.4. The largest absolute Gasteiger partial charge is 0.205 e. The number of nitrogens with zero attached hydrogens (tertiary/aromatic N) is 4. The van der Waals surface area contributed by atoms with Crippen LogP contribution in [0.1, 0.15) is 60.8 Å². The van der Waals surface area contributed by atoms with Gasteiger partial charge in [0.05, 0.1) is 0 Å². The predicted molar refractivity (Wildman–Crippen MR) is 152 cm³/mol. The summed E-state index contributed by atoms with van der Waals surface area (Å²) in [6.07, 6.45) is 25.3. The van der Waals surface area contributed by atoms with Crippen LogP contribution in [0.25, 0.3) is 11.1 Å². The van der Waals surface area contributed by atoms with Crippen molar-refractivity contribution in [2.45, 2.75) is 92.4 Å². The number of rotatable bonds is 13. The molecule has 198 valence electrons. The van der Waals surface area contributed by atoms with E-state index in [1.165, 1.54) is 71.9 Å². The number of hydrogen-bond acceptors (Lipinski definition) is 0. The Bertz CT molecular complexity index is 1150. The standard InChI is InChI=1S/C34H46N4/c1-29-23-30(2)26-37(25-29)17-9-5-7-15-35-19-11-33(12-20-35)34-13-21-36(22-14-34)16-8-6-10-18-38-27-31(3)24-32(4)28-38/h11-14,19-28H,5-10,15-18H2,1-4H3/q+4. The van der Waals surface area contributed by atoms with Crippen molar-refractivity contribution in [1.29, 1.82) is 0 Å². The van der Waals surface area contributed by atoms with Gasteiger partial charge in [-0.25, -0.2) is 18.3 Å². The van der Waals surface area contributed by atoms with Crippen molar-refractivity contribution in [3.63, 3.8) is 0 Å². The van der Waals surface area contributed by atoms with E-state index in [9.17, 15) is 0 Å². The molecule has 0 N–H and O–H groups in total. The van der Waals surface area contributed by atoms with E-state index in [-0.39, 0.29) is 0 Å². The van der Waals surface area contributed by atoms with Crippen molar-refractivity contribution in [2.24, 2.45) is 0 Å². The Morgan fingerprint density at radius 1 is 0.395 bits per heavy atom. The Kier molecular flexibility index (Phi) is 10.1. The van der Waals surface area contributed by atoms with Crippen molar-refractivity contribution in [3.05, 3.63) is 108 Å². The molecule has 4 nitrogen and oxygen atoms in total. The highest BCUT2D eigenvalue weighted by atomic mass is 14.9. The highest BCUT2D eigenvalue weighted by Gasteiger charge is 2.08. The second kappa shape index (κ2) is 13.9. The van der Waals surface area contributed by atoms with Crippen LogP contribution < -0.4 is 18.3 Å². The Morgan fingerprint density at radius 3 is 1.00 bits per heavy atom. The quantitative estimate of drug-likeness (QED) is 0.167. The van der Waals surface area contributed by atoms with Gasteiger partial charge in [-0.15, -0.1) is 0 Å². The molecule has 0 amide bonds. The summed E-state index contributed by atoms with van der Waals surface area (Å²) < 4.78 is 9.30. The van der Waals surface area contributed by atoms with Gasteiger partial charge in [0.2, 0.25) is 0 Å². The smallest absolute Gasteiger partial charge is 0.171 e. The molecular formula is C34H46N4+4. The molecule has 0 atom stereocenters. The van der Waals surface area contributed by atoms with Gasteiger partial charge in [0.1, 0.15) is 26.2 Å². The van der Waals surface area contributed by atoms with Crippen molar-refractivity contribution < 1.29 is 18.3 Å². The third-order valence-electron chi connectivity index (χ3n) is 7.17. The Balaban J connectivity index is 1.14. The molecule has 0 saturated heterocycles. The summed E-state index contributed by atoms with van der Waals surface area (Å²) in [5.41, 5.74) is 7.93. The van der Waals surface area contributed by atoms with Gasteiger partial charge in [-0.05, 0) is 63.8 Å². The number of pyridine rings is 4. The minimum absolute atomic E-state index is 1.08. The molecule has 38 heavy (non-hydrogen) atoms. The first-order valence-corrected chi connectivity index (χ1v) is 14.4. The van der Waals surface area contributed by atoms with Gasteiger partial charge in [0.25, 0.3) is 0 Å². The van der Waals surface area contributed by atoms with E-state index in [2.05, 4.69) is 132 Å². The van der Waals surface area contributed by atoms with Crippen LogP contribution in [-0.4, -0.2) is 0 Å². The fourth-order valence-electron chi connectivity index (χ4n) is 5.38. The Labute approximate surface area is 229 Å². The maximum atomic E-state index is 2.34. The fraction of sp³-hybridized carbons (Fsp3) is 0.412. The lowest BCUT2D eigenvalue weighted by molar-refractivity contribution is -0.701. The Morgan fingerprint density at radius 2 is 0.684 bits per heavy atom. The highest BCUT2D eigenvalue weighted by Crippen LogP contribution is 2.15. The maximum absolute atomic E-state index is 2.34. The normalized spacial score (nSPS) is 11.2. The molecular weight excluding hydrogens is 464 g/mol. The minimum Gasteiger partial charge on any atom is -0.205 e. The lowest BCUT2D eigenvalue weighted by Gasteiger charge is -2.03. The van der Waals surface area contributed by atoms with Crippen LogP contribution in [-0.2, 0) is 26.2 Å². The van der Waals surface area contributed by atoms with Gasteiger partial charge in [0, 0.05) is 72.2 Å². The van der Waals surface area contributed by atoms with E-state index in [0.29, 0.717) is 0 Å². The van der Waals surface area contributed by atoms with Crippen LogP contribution in [0.15, 0.2) is 86.0 Å². The molecule has 0 saturated carbocycles. The molecule has 4 aromatic heterocycles. The van der Waals surface area contributed by atoms with E-state index in [0.717, 1.165) is 26.2 Å². The first kappa shape index (κ1) is 27.6. The van der Waals surface area contributed by atoms with E-state index < -0.39 is 0 Å². The number of unbranched alkanes of at least 4 members (excludes halogenated alkanes) is 4. The van der Waals surface area contributed by atoms with Crippen molar-refractivity contribution in [3.8, 4) is 11.1 Å². The third kappa shape index (κ3) is 8.86. The number of hydrogen-bond donors (Lipinski definition) is 0. The molecule has 4 heterocycles. The molecule has 0 aliphatic carbocycles. The van der Waals surface area contributed by atoms with Crippen molar-refractivity contribution >= 4 is 0 Å². The van der Waals surface area contributed by atoms with Gasteiger partial charge in [-0.2, -0.15) is 0 Å². The van der Waals surface area contributed by atoms with E-state index in [1.807, 2.05) is 0 Å². The molecule has 4 heteroatoms. The summed E-state index contributed by atoms with van der Waals surface area (Å²) in [5, 5.41) is 0. The summed E-state index contributed by atoms with van der Waals surface area (Å²) in [6, 6.07) is 13.5. The maximum Gasteiger partial charge on any atom is 0.171 e. The molecule has 0 fully saturated rings. The van der Waals surface area contributed by atoms with Gasteiger partial charge in [-0.1, -0.05) is 0 Å². The molecule has 0 radical (unpaired) electrons. The van der Waals surface area contributed by atoms with Crippen LogP contribution >= 0.6 is 0 Å². The summed E-state index contributed by atoms with van der Waals surface area (Å²) >= 11 is 0. The summed E-state index contributed by atoms with van der Waals surface area (Å²) in [7, 11) is 0. The fourth-order valence-corrected chi connectivity index (χ4v) is 5.38. The molecule has 0 aliphatic rings. The molecule has 0 aliphatic heterocycles. The van der Waals surface area contributed by atoms with E-state index >= 15 is 0 Å². The average molecular weight is 511 g/mol. The van der Waals surface area contributed by atoms with Crippen LogP contribution in [0, 0.1) is 27.7 Å². The predicted octanol–water partition coefficient (Wildman–Crippen LogP) is 5.48. The second-order valence-corrected chi connectivity index (χ2v) is 11.0. The molecule has 0 aromatic carbocycles. The van der Waals surface area contributed by atoms with Crippen LogP contribution in [0.4, 0.5) is 0 Å². The molecule has 0 bridgehead atoms. The lowest BCUT2D eigenvalue weighted by atomic mass is 10.1.